The van der Waals surface area contributed by atoms with Gasteiger partial charge in [0.2, 0.25) is 0 Å². The normalized spacial score (nSPS) is 10.8. The van der Waals surface area contributed by atoms with Gasteiger partial charge in [-0.1, -0.05) is 35.5 Å². The van der Waals surface area contributed by atoms with Crippen molar-refractivity contribution in [3.05, 3.63) is 65.5 Å². The summed E-state index contributed by atoms with van der Waals surface area (Å²) < 4.78 is 0. The molecule has 0 spiro atoms. The molecule has 0 aliphatic heterocycles. The zero-order chi connectivity index (χ0) is 16.3. The summed E-state index contributed by atoms with van der Waals surface area (Å²) in [6, 6.07) is 13.5. The lowest BCUT2D eigenvalue weighted by Crippen LogP contribution is -2.27. The average Bonchev–Trinajstić information content (AvgIpc) is 2.59. The van der Waals surface area contributed by atoms with Crippen LogP contribution in [0.25, 0.3) is 0 Å². The highest BCUT2D eigenvalue weighted by Gasteiger charge is 2.04. The summed E-state index contributed by atoms with van der Waals surface area (Å²) in [6.45, 7) is 2.26. The molecule has 0 unspecified atom stereocenters. The van der Waals surface area contributed by atoms with Gasteiger partial charge >= 0.3 is 0 Å². The second-order valence-corrected chi connectivity index (χ2v) is 4.99. The zero-order valence-corrected chi connectivity index (χ0v) is 12.8. The van der Waals surface area contributed by atoms with E-state index in [9.17, 15) is 4.79 Å². The van der Waals surface area contributed by atoms with E-state index in [-0.39, 0.29) is 5.91 Å². The molecule has 0 fully saturated rings. The van der Waals surface area contributed by atoms with Gasteiger partial charge in [-0.05, 0) is 30.7 Å². The van der Waals surface area contributed by atoms with Gasteiger partial charge < -0.3 is 15.8 Å². The number of nitrogens with zero attached hydrogens (tertiary/aromatic N) is 2. The van der Waals surface area contributed by atoms with Crippen molar-refractivity contribution in [1.29, 1.82) is 0 Å². The summed E-state index contributed by atoms with van der Waals surface area (Å²) in [5.74, 6) is -0.159. The Morgan fingerprint density at radius 3 is 2.70 bits per heavy atom. The largest absolute Gasteiger partial charge is 0.411 e. The molecule has 1 amide bonds. The lowest BCUT2D eigenvalue weighted by atomic mass is 10.2. The van der Waals surface area contributed by atoms with Crippen LogP contribution in [-0.2, 0) is 6.54 Å². The molecule has 0 aliphatic carbocycles. The van der Waals surface area contributed by atoms with E-state index in [1.165, 1.54) is 18.0 Å². The molecule has 0 saturated carbocycles. The molecular weight excluding hydrogens is 292 g/mol. The minimum Gasteiger partial charge on any atom is -0.411 e. The number of benzene rings is 1. The molecule has 2 aromatic rings. The van der Waals surface area contributed by atoms with Crippen molar-refractivity contribution in [2.24, 2.45) is 5.16 Å². The Hall–Kier alpha value is -2.73. The molecule has 0 aliphatic rings. The number of carbonyl (C=O) groups excluding carboxylic acids is 1. The van der Waals surface area contributed by atoms with Crippen LogP contribution in [0.4, 0.5) is 0 Å². The Kier molecular flexibility index (Phi) is 6.74. The molecule has 1 aromatic carbocycles. The number of aromatic nitrogens is 1. The monoisotopic (exact) mass is 312 g/mol. The molecule has 6 nitrogen and oxygen atoms in total. The lowest BCUT2D eigenvalue weighted by Gasteiger charge is -2.07. The van der Waals surface area contributed by atoms with E-state index in [0.717, 1.165) is 19.5 Å². The molecule has 2 rings (SSSR count). The van der Waals surface area contributed by atoms with Gasteiger partial charge in [0, 0.05) is 19.3 Å². The maximum atomic E-state index is 11.9. The third-order valence-corrected chi connectivity index (χ3v) is 3.23. The fraction of sp³-hybridized carbons (Fsp3) is 0.235. The SMILES string of the molecule is O=C(NCCCNCc1ccccc1)c1ccc(/C=N/O)nc1. The Balaban J connectivity index is 1.63. The topological polar surface area (TPSA) is 86.6 Å². The van der Waals surface area contributed by atoms with E-state index in [2.05, 4.69) is 32.9 Å². The molecular formula is C17H20N4O2. The van der Waals surface area contributed by atoms with E-state index < -0.39 is 0 Å². The summed E-state index contributed by atoms with van der Waals surface area (Å²) in [5.41, 5.74) is 2.22. The van der Waals surface area contributed by atoms with Crippen LogP contribution >= 0.6 is 0 Å². The summed E-state index contributed by atoms with van der Waals surface area (Å²) in [5, 5.41) is 17.5. The number of rotatable bonds is 8. The van der Waals surface area contributed by atoms with Gasteiger partial charge in [0.05, 0.1) is 17.5 Å². The molecule has 120 valence electrons. The van der Waals surface area contributed by atoms with Crippen LogP contribution in [0, 0.1) is 0 Å². The van der Waals surface area contributed by atoms with E-state index in [1.54, 1.807) is 12.1 Å². The third-order valence-electron chi connectivity index (χ3n) is 3.23. The van der Waals surface area contributed by atoms with Crippen molar-refractivity contribution in [1.82, 2.24) is 15.6 Å². The van der Waals surface area contributed by atoms with Crippen molar-refractivity contribution in [2.75, 3.05) is 13.1 Å². The number of hydrogen-bond donors (Lipinski definition) is 3. The molecule has 23 heavy (non-hydrogen) atoms. The van der Waals surface area contributed by atoms with E-state index in [1.807, 2.05) is 18.2 Å². The standard InChI is InChI=1S/C17H20N4O2/c22-17(15-7-8-16(13-21-23)20-12-15)19-10-4-9-18-11-14-5-2-1-3-6-14/h1-3,5-8,12-13,18,23H,4,9-11H2,(H,19,22)/b21-13+. The van der Waals surface area contributed by atoms with Crippen LogP contribution < -0.4 is 10.6 Å². The predicted molar refractivity (Wildman–Crippen MR) is 88.7 cm³/mol. The molecule has 1 aromatic heterocycles. The first-order chi connectivity index (χ1) is 11.3. The van der Waals surface area contributed by atoms with Crippen molar-refractivity contribution in [2.45, 2.75) is 13.0 Å². The van der Waals surface area contributed by atoms with Gasteiger partial charge in [0.25, 0.3) is 5.91 Å². The molecule has 0 radical (unpaired) electrons. The van der Waals surface area contributed by atoms with Crippen LogP contribution in [0.5, 0.6) is 0 Å². The van der Waals surface area contributed by atoms with Gasteiger partial charge in [-0.25, -0.2) is 0 Å². The lowest BCUT2D eigenvalue weighted by molar-refractivity contribution is 0.0953. The molecule has 3 N–H and O–H groups in total. The van der Waals surface area contributed by atoms with Crippen molar-refractivity contribution < 1.29 is 10.0 Å². The third kappa shape index (κ3) is 5.88. The van der Waals surface area contributed by atoms with Gasteiger partial charge in [0.1, 0.15) is 0 Å². The van der Waals surface area contributed by atoms with Gasteiger partial charge in [-0.15, -0.1) is 0 Å². The Morgan fingerprint density at radius 2 is 2.00 bits per heavy atom. The number of nitrogens with one attached hydrogen (secondary N) is 2. The molecule has 1 heterocycles. The first-order valence-electron chi connectivity index (χ1n) is 7.46. The molecule has 0 bridgehead atoms. The summed E-state index contributed by atoms with van der Waals surface area (Å²) in [6.07, 6.45) is 3.52. The highest BCUT2D eigenvalue weighted by molar-refractivity contribution is 5.94. The second kappa shape index (κ2) is 9.32. The first-order valence-corrected chi connectivity index (χ1v) is 7.46. The van der Waals surface area contributed by atoms with Crippen LogP contribution in [0.1, 0.15) is 28.0 Å². The number of hydrogen-bond acceptors (Lipinski definition) is 5. The predicted octanol–water partition coefficient (Wildman–Crippen LogP) is 1.80. The summed E-state index contributed by atoms with van der Waals surface area (Å²) in [7, 11) is 0. The summed E-state index contributed by atoms with van der Waals surface area (Å²) >= 11 is 0. The Bertz CT molecular complexity index is 627. The zero-order valence-electron chi connectivity index (χ0n) is 12.8. The summed E-state index contributed by atoms with van der Waals surface area (Å²) in [4.78, 5) is 15.9. The first kappa shape index (κ1) is 16.6. The number of pyridine rings is 1. The average molecular weight is 312 g/mol. The van der Waals surface area contributed by atoms with Crippen LogP contribution in [-0.4, -0.2) is 35.4 Å². The highest BCUT2D eigenvalue weighted by atomic mass is 16.4. The smallest absolute Gasteiger partial charge is 0.252 e. The minimum atomic E-state index is -0.159. The van der Waals surface area contributed by atoms with Crippen LogP contribution in [0.2, 0.25) is 0 Å². The second-order valence-electron chi connectivity index (χ2n) is 4.99. The van der Waals surface area contributed by atoms with Crippen LogP contribution in [0.3, 0.4) is 0 Å². The molecule has 0 saturated heterocycles. The maximum Gasteiger partial charge on any atom is 0.252 e. The fourth-order valence-corrected chi connectivity index (χ4v) is 2.02. The maximum absolute atomic E-state index is 11.9. The Labute approximate surface area is 135 Å². The van der Waals surface area contributed by atoms with E-state index in [4.69, 9.17) is 5.21 Å². The number of amides is 1. The fourth-order valence-electron chi connectivity index (χ4n) is 2.02. The molecule has 6 heteroatoms. The van der Waals surface area contributed by atoms with E-state index >= 15 is 0 Å². The van der Waals surface area contributed by atoms with Crippen molar-refractivity contribution >= 4 is 12.1 Å². The quantitative estimate of drug-likeness (QED) is 0.300. The number of oxime groups is 1. The number of carbonyl (C=O) groups is 1. The van der Waals surface area contributed by atoms with Crippen LogP contribution in [0.15, 0.2) is 53.8 Å². The van der Waals surface area contributed by atoms with E-state index in [0.29, 0.717) is 17.8 Å². The van der Waals surface area contributed by atoms with Gasteiger partial charge in [0.15, 0.2) is 0 Å². The van der Waals surface area contributed by atoms with Gasteiger partial charge in [-0.2, -0.15) is 0 Å². The highest BCUT2D eigenvalue weighted by Crippen LogP contribution is 1.99. The molecule has 0 atom stereocenters. The van der Waals surface area contributed by atoms with Crippen molar-refractivity contribution in [3.63, 3.8) is 0 Å². The Morgan fingerprint density at radius 1 is 1.17 bits per heavy atom. The minimum absolute atomic E-state index is 0.159. The van der Waals surface area contributed by atoms with Crippen molar-refractivity contribution in [3.8, 4) is 0 Å². The van der Waals surface area contributed by atoms with Gasteiger partial charge in [-0.3, -0.25) is 9.78 Å².